The quantitative estimate of drug-likeness (QED) is 0.832. The molecule has 6 heteroatoms. The van der Waals surface area contributed by atoms with E-state index in [0.29, 0.717) is 17.0 Å². The Morgan fingerprint density at radius 2 is 2.19 bits per heavy atom. The van der Waals surface area contributed by atoms with E-state index < -0.39 is 5.97 Å². The normalized spacial score (nSPS) is 10.7. The third-order valence-corrected chi connectivity index (χ3v) is 3.61. The van der Waals surface area contributed by atoms with Gasteiger partial charge in [-0.3, -0.25) is 9.78 Å². The zero-order valence-corrected chi connectivity index (χ0v) is 12.2. The Morgan fingerprint density at radius 3 is 2.90 bits per heavy atom. The van der Waals surface area contributed by atoms with Gasteiger partial charge in [-0.25, -0.2) is 4.79 Å². The van der Waals surface area contributed by atoms with Gasteiger partial charge < -0.3 is 10.4 Å². The first-order valence-electron chi connectivity index (χ1n) is 6.25. The molecule has 2 heterocycles. The number of carbonyl (C=O) groups excluding carboxylic acids is 1. The summed E-state index contributed by atoms with van der Waals surface area (Å²) in [6.07, 6.45) is 2.43. The van der Waals surface area contributed by atoms with Crippen LogP contribution < -0.4 is 5.32 Å². The van der Waals surface area contributed by atoms with Gasteiger partial charge in [0.25, 0.3) is 5.91 Å². The lowest BCUT2D eigenvalue weighted by Crippen LogP contribution is -2.23. The summed E-state index contributed by atoms with van der Waals surface area (Å²) in [5.41, 5.74) is 2.27. The molecule has 0 saturated heterocycles. The predicted octanol–water partition coefficient (Wildman–Crippen LogP) is 2.48. The second-order valence-electron chi connectivity index (χ2n) is 4.33. The van der Waals surface area contributed by atoms with E-state index in [0.717, 1.165) is 17.5 Å². The van der Waals surface area contributed by atoms with Crippen LogP contribution in [0.15, 0.2) is 35.7 Å². The lowest BCUT2D eigenvalue weighted by molar-refractivity contribution is -0.131. The van der Waals surface area contributed by atoms with Crippen molar-refractivity contribution in [2.45, 2.75) is 13.5 Å². The first-order chi connectivity index (χ1) is 10.1. The van der Waals surface area contributed by atoms with Crippen molar-refractivity contribution in [2.24, 2.45) is 0 Å². The lowest BCUT2D eigenvalue weighted by Gasteiger charge is -2.05. The molecule has 0 saturated carbocycles. The minimum absolute atomic E-state index is 0.238. The number of nitrogens with zero attached hydrogens (tertiary/aromatic N) is 1. The topological polar surface area (TPSA) is 79.3 Å². The molecule has 2 aromatic rings. The van der Waals surface area contributed by atoms with E-state index in [-0.39, 0.29) is 5.91 Å². The van der Waals surface area contributed by atoms with Gasteiger partial charge in [-0.1, -0.05) is 6.07 Å². The third kappa shape index (κ3) is 4.25. The minimum atomic E-state index is -1.04. The van der Waals surface area contributed by atoms with E-state index in [1.54, 1.807) is 11.4 Å². The molecule has 0 bridgehead atoms. The lowest BCUT2D eigenvalue weighted by atomic mass is 10.2. The van der Waals surface area contributed by atoms with E-state index in [1.165, 1.54) is 17.4 Å². The number of aromatic nitrogens is 1. The van der Waals surface area contributed by atoms with E-state index in [9.17, 15) is 9.59 Å². The highest BCUT2D eigenvalue weighted by atomic mass is 32.1. The Morgan fingerprint density at radius 1 is 1.38 bits per heavy atom. The average Bonchev–Trinajstić information content (AvgIpc) is 2.91. The third-order valence-electron chi connectivity index (χ3n) is 2.68. The van der Waals surface area contributed by atoms with E-state index in [4.69, 9.17) is 5.11 Å². The minimum Gasteiger partial charge on any atom is -0.478 e. The fraction of sp³-hybridized carbons (Fsp3) is 0.133. The van der Waals surface area contributed by atoms with Crippen LogP contribution in [0.1, 0.15) is 26.6 Å². The molecule has 5 nitrogen and oxygen atoms in total. The molecule has 1 amide bonds. The number of thiophene rings is 1. The van der Waals surface area contributed by atoms with Gasteiger partial charge in [-0.2, -0.15) is 0 Å². The van der Waals surface area contributed by atoms with Crippen molar-refractivity contribution in [3.8, 4) is 0 Å². The van der Waals surface area contributed by atoms with Gasteiger partial charge in [0, 0.05) is 11.8 Å². The van der Waals surface area contributed by atoms with Gasteiger partial charge in [-0.05, 0) is 42.1 Å². The van der Waals surface area contributed by atoms with Crippen LogP contribution in [-0.2, 0) is 11.3 Å². The van der Waals surface area contributed by atoms with Gasteiger partial charge in [0.05, 0.1) is 17.1 Å². The Hall–Kier alpha value is -2.47. The molecule has 0 aromatic carbocycles. The summed E-state index contributed by atoms with van der Waals surface area (Å²) in [4.78, 5) is 27.4. The van der Waals surface area contributed by atoms with Gasteiger partial charge in [0.2, 0.25) is 0 Å². The Labute approximate surface area is 126 Å². The van der Waals surface area contributed by atoms with Crippen molar-refractivity contribution in [2.75, 3.05) is 0 Å². The molecule has 0 aliphatic rings. The number of carboxylic acid groups (broad SMARTS) is 1. The first kappa shape index (κ1) is 14.9. The maximum Gasteiger partial charge on any atom is 0.328 e. The van der Waals surface area contributed by atoms with Crippen LogP contribution in [0, 0.1) is 6.92 Å². The molecule has 2 rings (SSSR count). The smallest absolute Gasteiger partial charge is 0.328 e. The van der Waals surface area contributed by atoms with Crippen LogP contribution in [0.4, 0.5) is 0 Å². The Balaban J connectivity index is 2.04. The molecule has 0 unspecified atom stereocenters. The second kappa shape index (κ2) is 6.81. The summed E-state index contributed by atoms with van der Waals surface area (Å²) < 4.78 is 0. The van der Waals surface area contributed by atoms with E-state index in [2.05, 4.69) is 10.3 Å². The maximum absolute atomic E-state index is 12.1. The molecular formula is C15H14N2O3S. The van der Waals surface area contributed by atoms with Crippen LogP contribution >= 0.6 is 11.3 Å². The van der Waals surface area contributed by atoms with Crippen molar-refractivity contribution in [1.29, 1.82) is 0 Å². The molecule has 0 aliphatic carbocycles. The second-order valence-corrected chi connectivity index (χ2v) is 5.25. The summed E-state index contributed by atoms with van der Waals surface area (Å²) in [5.74, 6) is -1.28. The highest BCUT2D eigenvalue weighted by Crippen LogP contribution is 2.18. The van der Waals surface area contributed by atoms with Crippen molar-refractivity contribution < 1.29 is 14.7 Å². The standard InChI is InChI=1S/C15H14N2O3S/c1-10-3-2-4-12(17-10)9-16-15(20)14-11(7-8-21-14)5-6-13(18)19/h2-8H,9H2,1H3,(H,16,20)(H,18,19). The summed E-state index contributed by atoms with van der Waals surface area (Å²) in [7, 11) is 0. The number of amides is 1. The molecule has 108 valence electrons. The number of aliphatic carboxylic acids is 1. The summed E-state index contributed by atoms with van der Waals surface area (Å²) in [6.45, 7) is 2.22. The molecular weight excluding hydrogens is 288 g/mol. The largest absolute Gasteiger partial charge is 0.478 e. The molecule has 2 aromatic heterocycles. The van der Waals surface area contributed by atoms with Crippen molar-refractivity contribution in [3.05, 3.63) is 57.6 Å². The summed E-state index contributed by atoms with van der Waals surface area (Å²) in [5, 5.41) is 13.2. The Kier molecular flexibility index (Phi) is 4.84. The van der Waals surface area contributed by atoms with Crippen molar-refractivity contribution in [3.63, 3.8) is 0 Å². The monoisotopic (exact) mass is 302 g/mol. The van der Waals surface area contributed by atoms with Crippen molar-refractivity contribution in [1.82, 2.24) is 10.3 Å². The van der Waals surface area contributed by atoms with Gasteiger partial charge in [-0.15, -0.1) is 11.3 Å². The van der Waals surface area contributed by atoms with Crippen LogP contribution in [0.3, 0.4) is 0 Å². The number of nitrogens with one attached hydrogen (secondary N) is 1. The van der Waals surface area contributed by atoms with Gasteiger partial charge in [0.15, 0.2) is 0 Å². The molecule has 2 N–H and O–H groups in total. The maximum atomic E-state index is 12.1. The van der Waals surface area contributed by atoms with Crippen LogP contribution in [0.5, 0.6) is 0 Å². The van der Waals surface area contributed by atoms with Crippen LogP contribution in [0.25, 0.3) is 6.08 Å². The highest BCUT2D eigenvalue weighted by Gasteiger charge is 2.11. The van der Waals surface area contributed by atoms with Crippen LogP contribution in [-0.4, -0.2) is 22.0 Å². The SMILES string of the molecule is Cc1cccc(CNC(=O)c2sccc2C=CC(=O)O)n1. The summed E-state index contributed by atoms with van der Waals surface area (Å²) in [6, 6.07) is 7.33. The van der Waals surface area contributed by atoms with Crippen molar-refractivity contribution >= 4 is 29.3 Å². The molecule has 0 fully saturated rings. The molecule has 0 spiro atoms. The summed E-state index contributed by atoms with van der Waals surface area (Å²) >= 11 is 1.27. The molecule has 0 atom stereocenters. The molecule has 0 aliphatic heterocycles. The zero-order chi connectivity index (χ0) is 15.2. The van der Waals surface area contributed by atoms with Crippen LogP contribution in [0.2, 0.25) is 0 Å². The number of carboxylic acids is 1. The van der Waals surface area contributed by atoms with E-state index >= 15 is 0 Å². The number of rotatable bonds is 5. The van der Waals surface area contributed by atoms with E-state index in [1.807, 2.05) is 25.1 Å². The Bertz CT molecular complexity index is 692. The first-order valence-corrected chi connectivity index (χ1v) is 7.13. The number of hydrogen-bond acceptors (Lipinski definition) is 4. The number of aryl methyl sites for hydroxylation is 1. The molecule has 21 heavy (non-hydrogen) atoms. The fourth-order valence-corrected chi connectivity index (χ4v) is 2.55. The average molecular weight is 302 g/mol. The predicted molar refractivity (Wildman–Crippen MR) is 81.1 cm³/mol. The zero-order valence-electron chi connectivity index (χ0n) is 11.4. The fourth-order valence-electron chi connectivity index (χ4n) is 1.75. The number of hydrogen-bond donors (Lipinski definition) is 2. The highest BCUT2D eigenvalue weighted by molar-refractivity contribution is 7.12. The number of carbonyl (C=O) groups is 2. The molecule has 0 radical (unpaired) electrons. The van der Waals surface area contributed by atoms with Gasteiger partial charge in [0.1, 0.15) is 0 Å². The number of pyridine rings is 1. The van der Waals surface area contributed by atoms with Gasteiger partial charge >= 0.3 is 5.97 Å².